The predicted molar refractivity (Wildman–Crippen MR) is 109 cm³/mol. The summed E-state index contributed by atoms with van der Waals surface area (Å²) < 4.78 is 0. The third-order valence-electron chi connectivity index (χ3n) is 4.43. The Morgan fingerprint density at radius 1 is 1.16 bits per heavy atom. The maximum atomic E-state index is 3.99. The molecule has 1 aromatic rings. The summed E-state index contributed by atoms with van der Waals surface area (Å²) in [6.07, 6.45) is 9.97. The first kappa shape index (κ1) is 19.3. The van der Waals surface area contributed by atoms with Crippen molar-refractivity contribution >= 4 is 0 Å². The molecule has 1 aliphatic rings. The highest BCUT2D eigenvalue weighted by molar-refractivity contribution is 5.42. The number of allylic oxidation sites excluding steroid dienone is 5. The van der Waals surface area contributed by atoms with E-state index >= 15 is 0 Å². The maximum Gasteiger partial charge on any atom is 0.0424 e. The lowest BCUT2D eigenvalue weighted by atomic mass is 9.94. The summed E-state index contributed by atoms with van der Waals surface area (Å²) in [4.78, 5) is 2.53. The van der Waals surface area contributed by atoms with Crippen LogP contribution in [0.25, 0.3) is 0 Å². The molecule has 0 fully saturated rings. The van der Waals surface area contributed by atoms with Crippen LogP contribution in [0.15, 0.2) is 60.2 Å². The van der Waals surface area contributed by atoms with Crippen molar-refractivity contribution in [1.82, 2.24) is 4.90 Å². The fraction of sp³-hybridized carbons (Fsp3) is 0.417. The summed E-state index contributed by atoms with van der Waals surface area (Å²) in [5.41, 5.74) is 4.84. The quantitative estimate of drug-likeness (QED) is 0.575. The summed E-state index contributed by atoms with van der Waals surface area (Å²) >= 11 is 0. The molecule has 1 aliphatic carbocycles. The third kappa shape index (κ3) is 6.40. The van der Waals surface area contributed by atoms with Gasteiger partial charge in [0.25, 0.3) is 0 Å². The Labute approximate surface area is 154 Å². The minimum atomic E-state index is 0.312. The largest absolute Gasteiger partial charge is 0.299 e. The highest BCUT2D eigenvalue weighted by atomic mass is 15.1. The normalized spacial score (nSPS) is 16.3. The summed E-state index contributed by atoms with van der Waals surface area (Å²) in [6.45, 7) is 13.9. The second-order valence-corrected chi connectivity index (χ2v) is 6.88. The first-order valence-electron chi connectivity index (χ1n) is 9.49. The van der Waals surface area contributed by atoms with Crippen LogP contribution in [-0.2, 0) is 6.54 Å². The molecule has 2 rings (SSSR count). The van der Waals surface area contributed by atoms with E-state index in [1.165, 1.54) is 37.1 Å². The zero-order valence-corrected chi connectivity index (χ0v) is 16.0. The van der Waals surface area contributed by atoms with Crippen molar-refractivity contribution in [3.63, 3.8) is 0 Å². The van der Waals surface area contributed by atoms with Gasteiger partial charge in [0.15, 0.2) is 0 Å². The van der Waals surface area contributed by atoms with Gasteiger partial charge in [-0.1, -0.05) is 68.2 Å². The third-order valence-corrected chi connectivity index (χ3v) is 4.43. The van der Waals surface area contributed by atoms with Crippen molar-refractivity contribution in [2.45, 2.75) is 46.6 Å². The molecule has 0 N–H and O–H groups in total. The van der Waals surface area contributed by atoms with E-state index < -0.39 is 0 Å². The van der Waals surface area contributed by atoms with Crippen LogP contribution in [0.1, 0.15) is 51.2 Å². The van der Waals surface area contributed by atoms with E-state index in [0.717, 1.165) is 24.1 Å². The second kappa shape index (κ2) is 10.1. The molecule has 0 saturated heterocycles. The molecule has 0 bridgehead atoms. The van der Waals surface area contributed by atoms with Crippen LogP contribution in [0.3, 0.4) is 0 Å². The van der Waals surface area contributed by atoms with Gasteiger partial charge in [0, 0.05) is 18.0 Å². The number of nitrogens with zero attached hydrogens (tertiary/aromatic N) is 1. The van der Waals surface area contributed by atoms with Gasteiger partial charge in [0.2, 0.25) is 0 Å². The lowest BCUT2D eigenvalue weighted by molar-refractivity contribution is 0.266. The lowest BCUT2D eigenvalue weighted by Crippen LogP contribution is -2.24. The fourth-order valence-electron chi connectivity index (χ4n) is 3.07. The van der Waals surface area contributed by atoms with E-state index in [4.69, 9.17) is 0 Å². The Morgan fingerprint density at radius 3 is 2.36 bits per heavy atom. The summed E-state index contributed by atoms with van der Waals surface area (Å²) in [5.74, 6) is 7.01. The number of hydrogen-bond donors (Lipinski definition) is 0. The molecule has 25 heavy (non-hydrogen) atoms. The minimum absolute atomic E-state index is 0.312. The van der Waals surface area contributed by atoms with Crippen LogP contribution in [0.2, 0.25) is 0 Å². The Balaban J connectivity index is 1.93. The smallest absolute Gasteiger partial charge is 0.0424 e. The molecule has 1 atom stereocenters. The van der Waals surface area contributed by atoms with E-state index in [9.17, 15) is 0 Å². The van der Waals surface area contributed by atoms with Crippen molar-refractivity contribution in [1.29, 1.82) is 0 Å². The Kier molecular flexibility index (Phi) is 7.76. The lowest BCUT2D eigenvalue weighted by Gasteiger charge is -2.20. The van der Waals surface area contributed by atoms with Gasteiger partial charge in [0.05, 0.1) is 0 Å². The monoisotopic (exact) mass is 333 g/mol. The second-order valence-electron chi connectivity index (χ2n) is 6.88. The van der Waals surface area contributed by atoms with E-state index in [0.29, 0.717) is 5.92 Å². The van der Waals surface area contributed by atoms with E-state index in [1.807, 2.05) is 6.92 Å². The van der Waals surface area contributed by atoms with E-state index in [-0.39, 0.29) is 0 Å². The minimum Gasteiger partial charge on any atom is -0.299 e. The molecular weight excluding hydrogens is 302 g/mol. The molecule has 0 heterocycles. The first-order valence-corrected chi connectivity index (χ1v) is 9.49. The molecule has 0 aliphatic heterocycles. The van der Waals surface area contributed by atoms with Gasteiger partial charge in [-0.15, -0.1) is 0 Å². The highest BCUT2D eigenvalue weighted by Gasteiger charge is 2.06. The van der Waals surface area contributed by atoms with Crippen LogP contribution < -0.4 is 0 Å². The molecule has 0 aromatic heterocycles. The molecule has 0 saturated carbocycles. The average molecular weight is 334 g/mol. The maximum absolute atomic E-state index is 3.99. The van der Waals surface area contributed by atoms with E-state index in [2.05, 4.69) is 79.7 Å². The summed E-state index contributed by atoms with van der Waals surface area (Å²) in [6, 6.07) is 8.75. The van der Waals surface area contributed by atoms with Crippen LogP contribution in [-0.4, -0.2) is 18.0 Å². The Bertz CT molecular complexity index is 673. The van der Waals surface area contributed by atoms with Crippen LogP contribution in [0, 0.1) is 17.8 Å². The van der Waals surface area contributed by atoms with Crippen molar-refractivity contribution < 1.29 is 0 Å². The fourth-order valence-corrected chi connectivity index (χ4v) is 3.07. The van der Waals surface area contributed by atoms with Crippen molar-refractivity contribution in [3.05, 3.63) is 71.3 Å². The number of rotatable bonds is 7. The van der Waals surface area contributed by atoms with Gasteiger partial charge in [-0.05, 0) is 62.5 Å². The highest BCUT2D eigenvalue weighted by Crippen LogP contribution is 2.20. The van der Waals surface area contributed by atoms with Crippen molar-refractivity contribution in [3.8, 4) is 11.8 Å². The zero-order valence-electron chi connectivity index (χ0n) is 16.0. The van der Waals surface area contributed by atoms with Crippen molar-refractivity contribution in [2.24, 2.45) is 5.92 Å². The predicted octanol–water partition coefficient (Wildman–Crippen LogP) is 5.74. The van der Waals surface area contributed by atoms with Gasteiger partial charge >= 0.3 is 0 Å². The standard InChI is InChI=1S/C24H31N/c1-5-17-25(18-6-2)19-23-11-9-21(10-12-23)7-8-22-13-15-24(16-14-22)20(3)4/h9-13,15-16,22H,3,5-6,14,17-19H2,1-2,4H3. The SMILES string of the molecule is C=C(C)C1=CCC(C#Cc2ccc(CN(CCC)CCC)cc2)C=C1. The molecule has 0 radical (unpaired) electrons. The Morgan fingerprint density at radius 2 is 1.84 bits per heavy atom. The first-order chi connectivity index (χ1) is 12.1. The summed E-state index contributed by atoms with van der Waals surface area (Å²) in [7, 11) is 0. The van der Waals surface area contributed by atoms with Gasteiger partial charge in [-0.3, -0.25) is 4.90 Å². The van der Waals surface area contributed by atoms with Gasteiger partial charge < -0.3 is 0 Å². The van der Waals surface area contributed by atoms with Gasteiger partial charge in [-0.2, -0.15) is 0 Å². The Hall–Kier alpha value is -2.04. The molecule has 132 valence electrons. The number of hydrogen-bond acceptors (Lipinski definition) is 1. The van der Waals surface area contributed by atoms with Crippen LogP contribution in [0.5, 0.6) is 0 Å². The molecule has 0 amide bonds. The summed E-state index contributed by atoms with van der Waals surface area (Å²) in [5, 5.41) is 0. The number of benzene rings is 1. The van der Waals surface area contributed by atoms with Crippen LogP contribution >= 0.6 is 0 Å². The molecule has 1 unspecified atom stereocenters. The zero-order chi connectivity index (χ0) is 18.1. The van der Waals surface area contributed by atoms with Gasteiger partial charge in [0.1, 0.15) is 0 Å². The molecule has 1 heteroatoms. The van der Waals surface area contributed by atoms with Crippen LogP contribution in [0.4, 0.5) is 0 Å². The van der Waals surface area contributed by atoms with E-state index in [1.54, 1.807) is 0 Å². The molecular formula is C24H31N. The van der Waals surface area contributed by atoms with Gasteiger partial charge in [-0.25, -0.2) is 0 Å². The molecule has 1 nitrogen and oxygen atoms in total. The average Bonchev–Trinajstić information content (AvgIpc) is 2.62. The molecule has 1 aromatic carbocycles. The van der Waals surface area contributed by atoms with Crippen molar-refractivity contribution in [2.75, 3.05) is 13.1 Å². The topological polar surface area (TPSA) is 3.24 Å². The molecule has 0 spiro atoms.